The summed E-state index contributed by atoms with van der Waals surface area (Å²) >= 11 is 0. The topological polar surface area (TPSA) is 130 Å². The van der Waals surface area contributed by atoms with Crippen LogP contribution in [0.4, 0.5) is 5.69 Å². The SMILES string of the molecule is CCCCc1nc(-c2ccc(OCC(=O)Nc3cc(C(=O)OC)cc(C(=O)OC)c3)cc2)no1. The van der Waals surface area contributed by atoms with Gasteiger partial charge in [-0.1, -0.05) is 18.5 Å². The van der Waals surface area contributed by atoms with Crippen molar-refractivity contribution in [3.05, 3.63) is 59.5 Å². The number of nitrogens with one attached hydrogen (secondary N) is 1. The Morgan fingerprint density at radius 3 is 2.21 bits per heavy atom. The Morgan fingerprint density at radius 2 is 1.62 bits per heavy atom. The first-order valence-electron chi connectivity index (χ1n) is 10.6. The van der Waals surface area contributed by atoms with Gasteiger partial charge in [-0.2, -0.15) is 4.98 Å². The van der Waals surface area contributed by atoms with E-state index in [0.717, 1.165) is 24.8 Å². The molecule has 0 aliphatic heterocycles. The van der Waals surface area contributed by atoms with E-state index in [9.17, 15) is 14.4 Å². The number of unbranched alkanes of at least 4 members (excludes halogenated alkanes) is 1. The molecule has 2 aromatic carbocycles. The minimum absolute atomic E-state index is 0.0940. The van der Waals surface area contributed by atoms with Gasteiger partial charge in [0.15, 0.2) is 6.61 Å². The molecule has 10 heteroatoms. The Bertz CT molecular complexity index is 1120. The van der Waals surface area contributed by atoms with Gasteiger partial charge in [-0.25, -0.2) is 9.59 Å². The summed E-state index contributed by atoms with van der Waals surface area (Å²) in [5.74, 6) is -0.246. The van der Waals surface area contributed by atoms with E-state index < -0.39 is 17.8 Å². The summed E-state index contributed by atoms with van der Waals surface area (Å²) in [5.41, 5.74) is 1.18. The van der Waals surface area contributed by atoms with Crippen molar-refractivity contribution in [2.24, 2.45) is 0 Å². The number of aryl methyl sites for hydroxylation is 1. The zero-order valence-electron chi connectivity index (χ0n) is 19.1. The second-order valence-corrected chi connectivity index (χ2v) is 7.26. The maximum atomic E-state index is 12.4. The monoisotopic (exact) mass is 467 g/mol. The summed E-state index contributed by atoms with van der Waals surface area (Å²) in [4.78, 5) is 40.5. The minimum Gasteiger partial charge on any atom is -0.484 e. The van der Waals surface area contributed by atoms with Crippen LogP contribution in [0.5, 0.6) is 5.75 Å². The van der Waals surface area contributed by atoms with E-state index in [2.05, 4.69) is 31.9 Å². The second kappa shape index (κ2) is 11.6. The Balaban J connectivity index is 1.61. The fraction of sp³-hybridized carbons (Fsp3) is 0.292. The van der Waals surface area contributed by atoms with Crippen LogP contribution in [-0.2, 0) is 20.7 Å². The van der Waals surface area contributed by atoms with E-state index in [1.807, 2.05) is 0 Å². The lowest BCUT2D eigenvalue weighted by Gasteiger charge is -2.10. The highest BCUT2D eigenvalue weighted by Crippen LogP contribution is 2.21. The normalized spacial score (nSPS) is 10.4. The van der Waals surface area contributed by atoms with Gasteiger partial charge < -0.3 is 24.1 Å². The van der Waals surface area contributed by atoms with Gasteiger partial charge in [-0.05, 0) is 48.9 Å². The molecular formula is C24H25N3O7. The summed E-state index contributed by atoms with van der Waals surface area (Å²) in [6.45, 7) is 1.80. The third kappa shape index (κ3) is 6.41. The van der Waals surface area contributed by atoms with Gasteiger partial charge in [0.1, 0.15) is 5.75 Å². The van der Waals surface area contributed by atoms with Crippen molar-refractivity contribution in [2.45, 2.75) is 26.2 Å². The summed E-state index contributed by atoms with van der Waals surface area (Å²) in [6.07, 6.45) is 2.76. The fourth-order valence-electron chi connectivity index (χ4n) is 3.02. The van der Waals surface area contributed by atoms with Crippen LogP contribution in [0.25, 0.3) is 11.4 Å². The third-order valence-corrected chi connectivity index (χ3v) is 4.75. The Morgan fingerprint density at radius 1 is 0.971 bits per heavy atom. The van der Waals surface area contributed by atoms with Crippen molar-refractivity contribution >= 4 is 23.5 Å². The molecule has 0 saturated carbocycles. The molecule has 178 valence electrons. The maximum absolute atomic E-state index is 12.4. The van der Waals surface area contributed by atoms with E-state index in [-0.39, 0.29) is 23.4 Å². The van der Waals surface area contributed by atoms with Crippen LogP contribution >= 0.6 is 0 Å². The van der Waals surface area contributed by atoms with Crippen molar-refractivity contribution < 1.29 is 33.1 Å². The quantitative estimate of drug-likeness (QED) is 0.444. The summed E-state index contributed by atoms with van der Waals surface area (Å²) in [6, 6.07) is 11.0. The van der Waals surface area contributed by atoms with Crippen LogP contribution in [0.15, 0.2) is 47.0 Å². The number of ether oxygens (including phenoxy) is 3. The average molecular weight is 467 g/mol. The van der Waals surface area contributed by atoms with Crippen LogP contribution in [-0.4, -0.2) is 48.8 Å². The first-order valence-corrected chi connectivity index (χ1v) is 10.6. The molecular weight excluding hydrogens is 442 g/mol. The molecule has 34 heavy (non-hydrogen) atoms. The number of carbonyl (C=O) groups is 3. The third-order valence-electron chi connectivity index (χ3n) is 4.75. The summed E-state index contributed by atoms with van der Waals surface area (Å²) < 4.78 is 20.1. The number of nitrogens with zero attached hydrogens (tertiary/aromatic N) is 2. The van der Waals surface area contributed by atoms with Crippen LogP contribution in [0, 0.1) is 0 Å². The van der Waals surface area contributed by atoms with E-state index >= 15 is 0 Å². The lowest BCUT2D eigenvalue weighted by atomic mass is 10.1. The largest absolute Gasteiger partial charge is 0.484 e. The highest BCUT2D eigenvalue weighted by atomic mass is 16.5. The van der Waals surface area contributed by atoms with Crippen LogP contribution in [0.2, 0.25) is 0 Å². The molecule has 1 amide bonds. The average Bonchev–Trinajstić information content (AvgIpc) is 3.34. The molecule has 0 atom stereocenters. The van der Waals surface area contributed by atoms with Gasteiger partial charge in [0, 0.05) is 17.7 Å². The predicted octanol–water partition coefficient (Wildman–Crippen LogP) is 3.67. The zero-order chi connectivity index (χ0) is 24.5. The Labute approximate surface area is 196 Å². The number of rotatable bonds is 10. The highest BCUT2D eigenvalue weighted by Gasteiger charge is 2.15. The molecule has 0 aliphatic rings. The molecule has 3 rings (SSSR count). The first kappa shape index (κ1) is 24.4. The molecule has 0 aliphatic carbocycles. The van der Waals surface area contributed by atoms with Gasteiger partial charge in [0.25, 0.3) is 5.91 Å². The first-order chi connectivity index (χ1) is 16.4. The lowest BCUT2D eigenvalue weighted by molar-refractivity contribution is -0.118. The van der Waals surface area contributed by atoms with Crippen molar-refractivity contribution in [2.75, 3.05) is 26.1 Å². The molecule has 0 fully saturated rings. The smallest absolute Gasteiger partial charge is 0.337 e. The number of aromatic nitrogens is 2. The zero-order valence-corrected chi connectivity index (χ0v) is 19.1. The Kier molecular flexibility index (Phi) is 8.33. The number of methoxy groups -OCH3 is 2. The molecule has 3 aromatic rings. The van der Waals surface area contributed by atoms with Gasteiger partial charge in [0.05, 0.1) is 25.3 Å². The maximum Gasteiger partial charge on any atom is 0.337 e. The van der Waals surface area contributed by atoms with E-state index in [1.165, 1.54) is 32.4 Å². The van der Waals surface area contributed by atoms with Crippen molar-refractivity contribution in [1.82, 2.24) is 10.1 Å². The van der Waals surface area contributed by atoms with E-state index in [1.54, 1.807) is 24.3 Å². The van der Waals surface area contributed by atoms with Gasteiger partial charge in [0.2, 0.25) is 11.7 Å². The highest BCUT2D eigenvalue weighted by molar-refractivity contribution is 5.99. The van der Waals surface area contributed by atoms with Crippen molar-refractivity contribution in [3.63, 3.8) is 0 Å². The molecule has 1 heterocycles. The van der Waals surface area contributed by atoms with Gasteiger partial charge in [-0.3, -0.25) is 4.79 Å². The molecule has 0 saturated heterocycles. The molecule has 0 spiro atoms. The van der Waals surface area contributed by atoms with E-state index in [0.29, 0.717) is 17.5 Å². The summed E-state index contributed by atoms with van der Waals surface area (Å²) in [7, 11) is 2.43. The second-order valence-electron chi connectivity index (χ2n) is 7.26. The van der Waals surface area contributed by atoms with Crippen molar-refractivity contribution in [1.29, 1.82) is 0 Å². The van der Waals surface area contributed by atoms with E-state index in [4.69, 9.17) is 9.26 Å². The van der Waals surface area contributed by atoms with Gasteiger partial charge >= 0.3 is 11.9 Å². The number of hydrogen-bond acceptors (Lipinski definition) is 9. The van der Waals surface area contributed by atoms with Crippen molar-refractivity contribution in [3.8, 4) is 17.1 Å². The number of esters is 2. The molecule has 0 radical (unpaired) electrons. The molecule has 0 unspecified atom stereocenters. The number of hydrogen-bond donors (Lipinski definition) is 1. The van der Waals surface area contributed by atoms with Crippen LogP contribution in [0.3, 0.4) is 0 Å². The minimum atomic E-state index is -0.656. The standard InChI is InChI=1S/C24H25N3O7/c1-4-5-6-21-26-22(27-34-21)15-7-9-19(10-8-15)33-14-20(28)25-18-12-16(23(29)31-2)11-17(13-18)24(30)32-3/h7-13H,4-6,14H2,1-3H3,(H,25,28). The fourth-order valence-corrected chi connectivity index (χ4v) is 3.02. The predicted molar refractivity (Wildman–Crippen MR) is 122 cm³/mol. The number of carbonyl (C=O) groups excluding carboxylic acids is 3. The lowest BCUT2D eigenvalue weighted by Crippen LogP contribution is -2.21. The molecule has 0 bridgehead atoms. The molecule has 1 N–H and O–H groups in total. The molecule has 10 nitrogen and oxygen atoms in total. The number of anilines is 1. The summed E-state index contributed by atoms with van der Waals surface area (Å²) in [5, 5.41) is 6.58. The van der Waals surface area contributed by atoms with Crippen LogP contribution < -0.4 is 10.1 Å². The molecule has 1 aromatic heterocycles. The number of benzene rings is 2. The van der Waals surface area contributed by atoms with Gasteiger partial charge in [-0.15, -0.1) is 0 Å². The van der Waals surface area contributed by atoms with Crippen LogP contribution in [0.1, 0.15) is 46.4 Å². The Hall–Kier alpha value is -4.21. The number of amides is 1.